The Morgan fingerprint density at radius 1 is 1.05 bits per heavy atom. The number of rotatable bonds is 6. The van der Waals surface area contributed by atoms with E-state index in [-0.39, 0.29) is 6.04 Å². The lowest BCUT2D eigenvalue weighted by Crippen LogP contribution is -2.08. The van der Waals surface area contributed by atoms with Gasteiger partial charge in [-0.3, -0.25) is 0 Å². The van der Waals surface area contributed by atoms with E-state index >= 15 is 0 Å². The third-order valence-corrected chi connectivity index (χ3v) is 4.40. The molecule has 2 nitrogen and oxygen atoms in total. The first-order valence-electron chi connectivity index (χ1n) is 6.78. The second-order valence-corrected chi connectivity index (χ2v) is 5.85. The van der Waals surface area contributed by atoms with Gasteiger partial charge in [-0.15, -0.1) is 11.3 Å². The highest BCUT2D eigenvalue weighted by atomic mass is 32.1. The lowest BCUT2D eigenvalue weighted by Gasteiger charge is -2.10. The lowest BCUT2D eigenvalue weighted by molar-refractivity contribution is 0.309. The predicted molar refractivity (Wildman–Crippen MR) is 81.7 cm³/mol. The minimum atomic E-state index is 0.124. The third kappa shape index (κ3) is 3.82. The van der Waals surface area contributed by atoms with Crippen molar-refractivity contribution in [3.05, 3.63) is 51.7 Å². The van der Waals surface area contributed by atoms with Gasteiger partial charge in [0.05, 0.1) is 0 Å². The van der Waals surface area contributed by atoms with Gasteiger partial charge in [-0.25, -0.2) is 0 Å². The molecule has 0 amide bonds. The van der Waals surface area contributed by atoms with E-state index in [1.165, 1.54) is 15.3 Å². The van der Waals surface area contributed by atoms with Gasteiger partial charge in [0.25, 0.3) is 0 Å². The molecule has 1 aromatic heterocycles. The summed E-state index contributed by atoms with van der Waals surface area (Å²) >= 11 is 1.82. The number of nitrogens with two attached hydrogens (primary N) is 1. The largest absolute Gasteiger partial charge is 0.488 e. The Morgan fingerprint density at radius 3 is 2.32 bits per heavy atom. The Bertz CT molecular complexity index is 504. The number of thiophene rings is 1. The first-order chi connectivity index (χ1) is 9.22. The zero-order valence-corrected chi connectivity index (χ0v) is 12.4. The zero-order valence-electron chi connectivity index (χ0n) is 11.6. The minimum Gasteiger partial charge on any atom is -0.488 e. The maximum atomic E-state index is 5.99. The van der Waals surface area contributed by atoms with Gasteiger partial charge >= 0.3 is 0 Å². The molecule has 1 atom stereocenters. The summed E-state index contributed by atoms with van der Waals surface area (Å²) in [5.41, 5.74) is 7.15. The molecular weight excluding hydrogens is 254 g/mol. The molecule has 1 unspecified atom stereocenters. The molecule has 2 aromatic rings. The Labute approximate surface area is 119 Å². The number of hydrogen-bond acceptors (Lipinski definition) is 3. The maximum absolute atomic E-state index is 5.99. The molecule has 19 heavy (non-hydrogen) atoms. The third-order valence-electron chi connectivity index (χ3n) is 3.19. The monoisotopic (exact) mass is 275 g/mol. The summed E-state index contributed by atoms with van der Waals surface area (Å²) in [6, 6.07) is 12.5. The maximum Gasteiger partial charge on any atom is 0.122 e. The molecule has 0 spiro atoms. The number of ether oxygens (including phenoxy) is 1. The Balaban J connectivity index is 1.92. The van der Waals surface area contributed by atoms with Gasteiger partial charge in [0.15, 0.2) is 0 Å². The van der Waals surface area contributed by atoms with Gasteiger partial charge in [-0.05, 0) is 42.7 Å². The second kappa shape index (κ2) is 6.73. The fraction of sp³-hybridized carbons (Fsp3) is 0.375. The molecule has 3 heteroatoms. The van der Waals surface area contributed by atoms with Crippen LogP contribution in [0, 0.1) is 0 Å². The van der Waals surface area contributed by atoms with E-state index in [0.717, 1.165) is 18.6 Å². The highest BCUT2D eigenvalue weighted by Gasteiger charge is 2.04. The molecule has 1 aromatic carbocycles. The second-order valence-electron chi connectivity index (χ2n) is 4.59. The fourth-order valence-corrected chi connectivity index (χ4v) is 2.76. The fourth-order valence-electron chi connectivity index (χ4n) is 1.89. The van der Waals surface area contributed by atoms with Crippen LogP contribution in [0.15, 0.2) is 36.4 Å². The van der Waals surface area contributed by atoms with Crippen LogP contribution in [0.4, 0.5) is 0 Å². The van der Waals surface area contributed by atoms with E-state index in [1.54, 1.807) is 0 Å². The minimum absolute atomic E-state index is 0.124. The summed E-state index contributed by atoms with van der Waals surface area (Å²) in [6.45, 7) is 4.91. The number of aryl methyl sites for hydroxylation is 1. The van der Waals surface area contributed by atoms with Crippen LogP contribution in [0.2, 0.25) is 0 Å². The molecular formula is C16H21NOS. The predicted octanol–water partition coefficient (Wildman–Crippen LogP) is 4.30. The molecule has 0 saturated heterocycles. The van der Waals surface area contributed by atoms with Crippen LogP contribution >= 0.6 is 11.3 Å². The molecule has 0 aliphatic heterocycles. The first-order valence-corrected chi connectivity index (χ1v) is 7.60. The van der Waals surface area contributed by atoms with Crippen molar-refractivity contribution in [1.29, 1.82) is 0 Å². The van der Waals surface area contributed by atoms with Crippen LogP contribution < -0.4 is 10.5 Å². The summed E-state index contributed by atoms with van der Waals surface area (Å²) in [5.74, 6) is 0.901. The van der Waals surface area contributed by atoms with Crippen LogP contribution in [0.5, 0.6) is 5.75 Å². The van der Waals surface area contributed by atoms with Gasteiger partial charge in [0.1, 0.15) is 12.4 Å². The highest BCUT2D eigenvalue weighted by molar-refractivity contribution is 7.11. The first kappa shape index (κ1) is 14.1. The van der Waals surface area contributed by atoms with Crippen LogP contribution in [-0.2, 0) is 13.0 Å². The van der Waals surface area contributed by atoms with Crippen LogP contribution in [-0.4, -0.2) is 0 Å². The van der Waals surface area contributed by atoms with Crippen molar-refractivity contribution in [3.63, 3.8) is 0 Å². The molecule has 2 N–H and O–H groups in total. The summed E-state index contributed by atoms with van der Waals surface area (Å²) in [7, 11) is 0. The summed E-state index contributed by atoms with van der Waals surface area (Å²) < 4.78 is 5.79. The van der Waals surface area contributed by atoms with E-state index in [0.29, 0.717) is 6.61 Å². The van der Waals surface area contributed by atoms with E-state index in [1.807, 2.05) is 23.5 Å². The van der Waals surface area contributed by atoms with E-state index in [9.17, 15) is 0 Å². The van der Waals surface area contributed by atoms with Crippen molar-refractivity contribution in [2.75, 3.05) is 0 Å². The quantitative estimate of drug-likeness (QED) is 0.853. The Morgan fingerprint density at radius 2 is 1.74 bits per heavy atom. The Hall–Kier alpha value is -1.32. The van der Waals surface area contributed by atoms with Crippen molar-refractivity contribution in [1.82, 2.24) is 0 Å². The van der Waals surface area contributed by atoms with Crippen molar-refractivity contribution < 1.29 is 4.74 Å². The van der Waals surface area contributed by atoms with Gasteiger partial charge in [0, 0.05) is 15.8 Å². The summed E-state index contributed by atoms with van der Waals surface area (Å²) in [5, 5.41) is 0. The molecule has 0 saturated carbocycles. The van der Waals surface area contributed by atoms with Gasteiger partial charge in [-0.1, -0.05) is 26.0 Å². The Kier molecular flexibility index (Phi) is 5.00. The van der Waals surface area contributed by atoms with E-state index in [2.05, 4.69) is 38.1 Å². The topological polar surface area (TPSA) is 35.2 Å². The van der Waals surface area contributed by atoms with Crippen molar-refractivity contribution in [2.24, 2.45) is 5.73 Å². The normalized spacial score (nSPS) is 12.4. The molecule has 0 aliphatic carbocycles. The zero-order chi connectivity index (χ0) is 13.7. The molecule has 0 fully saturated rings. The molecule has 1 heterocycles. The van der Waals surface area contributed by atoms with Crippen molar-refractivity contribution in [3.8, 4) is 5.75 Å². The average Bonchev–Trinajstić information content (AvgIpc) is 2.93. The number of benzene rings is 1. The van der Waals surface area contributed by atoms with E-state index in [4.69, 9.17) is 10.5 Å². The molecule has 0 bridgehead atoms. The highest BCUT2D eigenvalue weighted by Crippen LogP contribution is 2.21. The standard InChI is InChI=1S/C16H21NOS/c1-3-14-9-10-15(19-14)11-18-13-7-5-12(6-8-13)16(17)4-2/h5-10,16H,3-4,11,17H2,1-2H3. The van der Waals surface area contributed by atoms with Crippen LogP contribution in [0.25, 0.3) is 0 Å². The van der Waals surface area contributed by atoms with E-state index < -0.39 is 0 Å². The average molecular weight is 275 g/mol. The van der Waals surface area contributed by atoms with Crippen LogP contribution in [0.3, 0.4) is 0 Å². The lowest BCUT2D eigenvalue weighted by atomic mass is 10.1. The summed E-state index contributed by atoms with van der Waals surface area (Å²) in [4.78, 5) is 2.68. The molecule has 102 valence electrons. The number of hydrogen-bond donors (Lipinski definition) is 1. The smallest absolute Gasteiger partial charge is 0.122 e. The molecule has 2 rings (SSSR count). The molecule has 0 radical (unpaired) electrons. The molecule has 0 aliphatic rings. The summed E-state index contributed by atoms with van der Waals surface area (Å²) in [6.07, 6.45) is 2.05. The SMILES string of the molecule is CCc1ccc(COc2ccc(C(N)CC)cc2)s1. The van der Waals surface area contributed by atoms with Crippen LogP contribution in [0.1, 0.15) is 41.6 Å². The van der Waals surface area contributed by atoms with Crippen molar-refractivity contribution >= 4 is 11.3 Å². The van der Waals surface area contributed by atoms with Gasteiger partial charge < -0.3 is 10.5 Å². The van der Waals surface area contributed by atoms with Gasteiger partial charge in [0.2, 0.25) is 0 Å². The van der Waals surface area contributed by atoms with Crippen molar-refractivity contribution in [2.45, 2.75) is 39.3 Å². The van der Waals surface area contributed by atoms with Gasteiger partial charge in [-0.2, -0.15) is 0 Å².